The highest BCUT2D eigenvalue weighted by Gasteiger charge is 2.38. The minimum absolute atomic E-state index is 0.0978. The second-order valence-corrected chi connectivity index (χ2v) is 14.5. The molecule has 12 heteroatoms. The van der Waals surface area contributed by atoms with Crippen LogP contribution in [-0.4, -0.2) is 56.2 Å². The number of hydrogen-bond donors (Lipinski definition) is 1. The van der Waals surface area contributed by atoms with Gasteiger partial charge in [-0.15, -0.1) is 0 Å². The van der Waals surface area contributed by atoms with E-state index in [1.807, 2.05) is 69.8 Å². The van der Waals surface area contributed by atoms with Crippen molar-refractivity contribution in [1.82, 2.24) is 18.9 Å². The number of aryl methyl sites for hydroxylation is 6. The summed E-state index contributed by atoms with van der Waals surface area (Å²) in [6.45, 7) is 10.8. The number of aromatic carboxylic acids is 1. The van der Waals surface area contributed by atoms with Crippen molar-refractivity contribution in [2.45, 2.75) is 53.5 Å². The van der Waals surface area contributed by atoms with Crippen LogP contribution in [0.15, 0.2) is 42.5 Å². The summed E-state index contributed by atoms with van der Waals surface area (Å²) >= 11 is 13.5. The third-order valence-electron chi connectivity index (χ3n) is 10.4. The predicted octanol–water partition coefficient (Wildman–Crippen LogP) is 9.01. The normalized spacial score (nSPS) is 14.5. The number of hydrogen-bond acceptors (Lipinski definition) is 5. The molecule has 0 saturated carbocycles. The molecule has 3 aromatic carbocycles. The second-order valence-electron chi connectivity index (χ2n) is 13.7. The fraction of sp³-hybridized carbons (Fsp3) is 0.325. The van der Waals surface area contributed by atoms with Gasteiger partial charge in [0.25, 0.3) is 5.91 Å². The molecule has 4 heterocycles. The average molecular weight is 743 g/mol. The number of ether oxygens (including phenoxy) is 2. The number of fused-ring (bicyclic) bond motifs is 4. The Kier molecular flexibility index (Phi) is 9.03. The molecule has 1 aliphatic heterocycles. The predicted molar refractivity (Wildman–Crippen MR) is 206 cm³/mol. The maximum Gasteiger partial charge on any atom is 0.352 e. The minimum Gasteiger partial charge on any atom is -0.495 e. The molecule has 0 radical (unpaired) electrons. The summed E-state index contributed by atoms with van der Waals surface area (Å²) in [5.74, 6) is 0.0310. The number of carboxylic acids is 1. The van der Waals surface area contributed by atoms with Crippen molar-refractivity contribution in [3.8, 4) is 22.6 Å². The lowest BCUT2D eigenvalue weighted by Crippen LogP contribution is -2.42. The smallest absolute Gasteiger partial charge is 0.352 e. The molecule has 0 unspecified atom stereocenters. The molecule has 1 N–H and O–H groups in total. The Morgan fingerprint density at radius 1 is 0.981 bits per heavy atom. The molecule has 0 fully saturated rings. The standard InChI is InChI=1S/C40H41Cl2N5O5/c1-20-16-25(17-21(2)35(20)42)52-15-9-10-26-27-11-12-29(41)34(33-23(4)43-45(7)24(33)5)37(27)47-22(3)19-46(39(48)38(26)47)30-13-14-32(51-8)36-28(30)18-31(40(49)50)44(36)6/h11-14,16-18,22H,9-10,15,19H2,1-8H3,(H,49,50)/t22-/m1/s1. The minimum atomic E-state index is -1.07. The number of halogens is 2. The van der Waals surface area contributed by atoms with Crippen molar-refractivity contribution in [3.63, 3.8) is 0 Å². The first-order chi connectivity index (χ1) is 24.7. The average Bonchev–Trinajstić information content (AvgIpc) is 3.72. The Hall–Kier alpha value is -4.93. The van der Waals surface area contributed by atoms with Crippen LogP contribution in [0, 0.1) is 27.7 Å². The van der Waals surface area contributed by atoms with Crippen LogP contribution < -0.4 is 14.4 Å². The Morgan fingerprint density at radius 2 is 1.69 bits per heavy atom. The Morgan fingerprint density at radius 3 is 2.33 bits per heavy atom. The number of aromatic nitrogens is 4. The molecular weight excluding hydrogens is 701 g/mol. The van der Waals surface area contributed by atoms with Gasteiger partial charge in [-0.05, 0) is 101 Å². The zero-order chi connectivity index (χ0) is 37.3. The number of nitrogens with zero attached hydrogens (tertiary/aromatic N) is 5. The van der Waals surface area contributed by atoms with E-state index in [9.17, 15) is 9.90 Å². The molecule has 1 amide bonds. The monoisotopic (exact) mass is 741 g/mol. The fourth-order valence-electron chi connectivity index (χ4n) is 7.96. The summed E-state index contributed by atoms with van der Waals surface area (Å²) in [5.41, 5.74) is 9.24. The number of anilines is 1. The molecule has 1 aliphatic rings. The van der Waals surface area contributed by atoms with Crippen LogP contribution in [0.5, 0.6) is 11.5 Å². The maximum atomic E-state index is 15.1. The molecular formula is C40H41Cl2N5O5. The van der Waals surface area contributed by atoms with Crippen molar-refractivity contribution >= 4 is 62.6 Å². The van der Waals surface area contributed by atoms with Gasteiger partial charge in [0.15, 0.2) is 0 Å². The molecule has 270 valence electrons. The second kappa shape index (κ2) is 13.2. The van der Waals surface area contributed by atoms with E-state index < -0.39 is 5.97 Å². The van der Waals surface area contributed by atoms with Crippen LogP contribution in [-0.2, 0) is 20.5 Å². The Balaban J connectivity index is 1.39. The summed E-state index contributed by atoms with van der Waals surface area (Å²) in [7, 11) is 5.16. The van der Waals surface area contributed by atoms with E-state index in [0.29, 0.717) is 59.0 Å². The molecule has 0 bridgehead atoms. The summed E-state index contributed by atoms with van der Waals surface area (Å²) in [4.78, 5) is 29.1. The largest absolute Gasteiger partial charge is 0.495 e. The Labute approximate surface area is 312 Å². The van der Waals surface area contributed by atoms with Crippen molar-refractivity contribution < 1.29 is 24.2 Å². The molecule has 0 aliphatic carbocycles. The lowest BCUT2D eigenvalue weighted by atomic mass is 9.98. The van der Waals surface area contributed by atoms with Gasteiger partial charge >= 0.3 is 5.97 Å². The molecule has 1 atom stereocenters. The van der Waals surface area contributed by atoms with Crippen molar-refractivity contribution in [3.05, 3.63) is 92.0 Å². The first-order valence-electron chi connectivity index (χ1n) is 17.2. The highest BCUT2D eigenvalue weighted by Crippen LogP contribution is 2.46. The van der Waals surface area contributed by atoms with Gasteiger partial charge in [-0.25, -0.2) is 4.79 Å². The van der Waals surface area contributed by atoms with Gasteiger partial charge in [0.05, 0.1) is 41.2 Å². The van der Waals surface area contributed by atoms with Gasteiger partial charge in [0, 0.05) is 59.3 Å². The molecule has 0 spiro atoms. The van der Waals surface area contributed by atoms with Crippen LogP contribution in [0.4, 0.5) is 5.69 Å². The van der Waals surface area contributed by atoms with Crippen LogP contribution in [0.25, 0.3) is 32.9 Å². The quantitative estimate of drug-likeness (QED) is 0.148. The lowest BCUT2D eigenvalue weighted by Gasteiger charge is -2.35. The lowest BCUT2D eigenvalue weighted by molar-refractivity contribution is 0.0686. The van der Waals surface area contributed by atoms with Crippen molar-refractivity contribution in [1.29, 1.82) is 0 Å². The van der Waals surface area contributed by atoms with Gasteiger partial charge in [0.1, 0.15) is 22.9 Å². The van der Waals surface area contributed by atoms with E-state index in [-0.39, 0.29) is 17.6 Å². The number of methoxy groups -OCH3 is 1. The van der Waals surface area contributed by atoms with E-state index >= 15 is 4.79 Å². The highest BCUT2D eigenvalue weighted by atomic mass is 35.5. The van der Waals surface area contributed by atoms with Crippen LogP contribution in [0.2, 0.25) is 10.0 Å². The number of rotatable bonds is 9. The van der Waals surface area contributed by atoms with E-state index in [1.54, 1.807) is 35.8 Å². The van der Waals surface area contributed by atoms with Gasteiger partial charge in [-0.3, -0.25) is 9.48 Å². The highest BCUT2D eigenvalue weighted by molar-refractivity contribution is 6.35. The first-order valence-corrected chi connectivity index (χ1v) is 18.0. The fourth-order valence-corrected chi connectivity index (χ4v) is 8.32. The SMILES string of the molecule is COc1ccc(N2C[C@@H](C)n3c(c(CCCOc4cc(C)c(Cl)c(C)c4)c4ccc(Cl)c(-c5c(C)nn(C)c5C)c43)C2=O)c2cc(C(=O)O)n(C)c12. The van der Waals surface area contributed by atoms with Crippen LogP contribution in [0.3, 0.4) is 0 Å². The Bertz CT molecular complexity index is 2430. The molecule has 6 aromatic rings. The van der Waals surface area contributed by atoms with Gasteiger partial charge in [-0.2, -0.15) is 5.10 Å². The molecule has 52 heavy (non-hydrogen) atoms. The number of carbonyl (C=O) groups excluding carboxylic acids is 1. The molecule has 3 aromatic heterocycles. The number of carboxylic acid groups (broad SMARTS) is 1. The third kappa shape index (κ3) is 5.51. The number of amides is 1. The molecule has 7 rings (SSSR count). The van der Waals surface area contributed by atoms with E-state index in [0.717, 1.165) is 60.9 Å². The summed E-state index contributed by atoms with van der Waals surface area (Å²) in [6, 6.07) is 12.9. The zero-order valence-corrected chi connectivity index (χ0v) is 32.0. The van der Waals surface area contributed by atoms with Gasteiger partial charge < -0.3 is 28.6 Å². The van der Waals surface area contributed by atoms with E-state index in [2.05, 4.69) is 11.5 Å². The van der Waals surface area contributed by atoms with E-state index in [4.69, 9.17) is 37.8 Å². The van der Waals surface area contributed by atoms with Gasteiger partial charge in [0.2, 0.25) is 0 Å². The van der Waals surface area contributed by atoms with Crippen molar-refractivity contribution in [2.24, 2.45) is 14.1 Å². The molecule has 10 nitrogen and oxygen atoms in total. The van der Waals surface area contributed by atoms with Crippen LogP contribution >= 0.6 is 23.2 Å². The topological polar surface area (TPSA) is 104 Å². The van der Waals surface area contributed by atoms with Crippen LogP contribution in [0.1, 0.15) is 68.4 Å². The third-order valence-corrected chi connectivity index (χ3v) is 11.3. The van der Waals surface area contributed by atoms with Crippen molar-refractivity contribution in [2.75, 3.05) is 25.2 Å². The number of carbonyl (C=O) groups is 2. The van der Waals surface area contributed by atoms with E-state index in [1.165, 1.54) is 0 Å². The summed E-state index contributed by atoms with van der Waals surface area (Å²) < 4.78 is 17.5. The zero-order valence-electron chi connectivity index (χ0n) is 30.5. The molecule has 0 saturated heterocycles. The van der Waals surface area contributed by atoms with Gasteiger partial charge in [-0.1, -0.05) is 29.3 Å². The summed E-state index contributed by atoms with van der Waals surface area (Å²) in [6.07, 6.45) is 1.21. The maximum absolute atomic E-state index is 15.1. The summed E-state index contributed by atoms with van der Waals surface area (Å²) in [5, 5.41) is 17.6. The number of benzene rings is 3. The first kappa shape index (κ1) is 35.5.